The van der Waals surface area contributed by atoms with Gasteiger partial charge in [-0.3, -0.25) is 0 Å². The van der Waals surface area contributed by atoms with E-state index in [2.05, 4.69) is 6.58 Å². The summed E-state index contributed by atoms with van der Waals surface area (Å²) in [6.07, 6.45) is 4.09. The van der Waals surface area contributed by atoms with Crippen LogP contribution < -0.4 is 0 Å². The largest absolute Gasteiger partial charge is 0.464 e. The highest BCUT2D eigenvalue weighted by molar-refractivity contribution is 5.74. The molecule has 0 spiro atoms. The van der Waals surface area contributed by atoms with Crippen molar-refractivity contribution < 1.29 is 14.6 Å². The predicted octanol–water partition coefficient (Wildman–Crippen LogP) is 2.05. The van der Waals surface area contributed by atoms with Gasteiger partial charge in [-0.25, -0.2) is 4.79 Å². The zero-order valence-corrected chi connectivity index (χ0v) is 9.37. The number of carbonyl (C=O) groups is 1. The third-order valence-corrected chi connectivity index (χ3v) is 2.95. The van der Waals surface area contributed by atoms with E-state index in [1.807, 2.05) is 0 Å². The number of aliphatic hydroxyl groups is 1. The van der Waals surface area contributed by atoms with Crippen molar-refractivity contribution in [3.63, 3.8) is 0 Å². The van der Waals surface area contributed by atoms with Crippen LogP contribution in [-0.4, -0.2) is 23.8 Å². The minimum Gasteiger partial charge on any atom is -0.464 e. The molecule has 1 atom stereocenters. The second-order valence-electron chi connectivity index (χ2n) is 4.11. The van der Waals surface area contributed by atoms with E-state index < -0.39 is 12.1 Å². The average molecular weight is 212 g/mol. The van der Waals surface area contributed by atoms with Crippen LogP contribution in [0, 0.1) is 5.92 Å². The van der Waals surface area contributed by atoms with Crippen LogP contribution in [0.2, 0.25) is 0 Å². The Labute approximate surface area is 91.1 Å². The molecule has 3 heteroatoms. The van der Waals surface area contributed by atoms with Crippen molar-refractivity contribution in [3.8, 4) is 0 Å². The fourth-order valence-electron chi connectivity index (χ4n) is 2.07. The Morgan fingerprint density at radius 3 is 2.67 bits per heavy atom. The molecular formula is C12H20O3. The van der Waals surface area contributed by atoms with Crippen LogP contribution in [0.5, 0.6) is 0 Å². The van der Waals surface area contributed by atoms with Crippen molar-refractivity contribution in [2.75, 3.05) is 6.61 Å². The Balaban J connectivity index is 2.33. The zero-order valence-electron chi connectivity index (χ0n) is 9.37. The van der Waals surface area contributed by atoms with Crippen LogP contribution >= 0.6 is 0 Å². The van der Waals surface area contributed by atoms with Gasteiger partial charge in [0.1, 0.15) is 0 Å². The molecule has 3 nitrogen and oxygen atoms in total. The molecule has 1 fully saturated rings. The molecule has 15 heavy (non-hydrogen) atoms. The van der Waals surface area contributed by atoms with Crippen molar-refractivity contribution in [3.05, 3.63) is 12.2 Å². The molecule has 0 aromatic rings. The van der Waals surface area contributed by atoms with Crippen LogP contribution in [0.4, 0.5) is 0 Å². The fraction of sp³-hybridized carbons (Fsp3) is 0.750. The molecule has 86 valence electrons. The van der Waals surface area contributed by atoms with Gasteiger partial charge in [0.05, 0.1) is 6.61 Å². The first-order chi connectivity index (χ1) is 7.15. The Bertz CT molecular complexity index is 229. The van der Waals surface area contributed by atoms with Gasteiger partial charge in [-0.1, -0.05) is 25.0 Å². The summed E-state index contributed by atoms with van der Waals surface area (Å²) >= 11 is 0. The molecule has 1 aliphatic rings. The van der Waals surface area contributed by atoms with E-state index in [0.29, 0.717) is 18.9 Å². The molecule has 0 saturated heterocycles. The minimum absolute atomic E-state index is 0.311. The molecule has 1 rings (SSSR count). The maximum atomic E-state index is 11.2. The maximum Gasteiger partial charge on any atom is 0.335 e. The van der Waals surface area contributed by atoms with Gasteiger partial charge in [0.25, 0.3) is 0 Å². The second-order valence-corrected chi connectivity index (χ2v) is 4.11. The Morgan fingerprint density at radius 1 is 1.53 bits per heavy atom. The van der Waals surface area contributed by atoms with Gasteiger partial charge in [-0.2, -0.15) is 0 Å². The summed E-state index contributed by atoms with van der Waals surface area (Å²) in [6, 6.07) is 0. The lowest BCUT2D eigenvalue weighted by Gasteiger charge is -2.16. The summed E-state index contributed by atoms with van der Waals surface area (Å²) in [7, 11) is 0. The summed E-state index contributed by atoms with van der Waals surface area (Å²) in [5, 5.41) is 9.54. The molecule has 1 N–H and O–H groups in total. The first-order valence-electron chi connectivity index (χ1n) is 5.67. The summed E-state index contributed by atoms with van der Waals surface area (Å²) in [6.45, 7) is 6.00. The minimum atomic E-state index is -1.03. The Hall–Kier alpha value is -0.830. The van der Waals surface area contributed by atoms with Gasteiger partial charge in [0.2, 0.25) is 0 Å². The molecular weight excluding hydrogens is 192 g/mol. The third-order valence-electron chi connectivity index (χ3n) is 2.95. The normalized spacial score (nSPS) is 18.8. The number of carbonyl (C=O) groups excluding carboxylic acids is 1. The van der Waals surface area contributed by atoms with Gasteiger partial charge in [-0.15, -0.1) is 0 Å². The smallest absolute Gasteiger partial charge is 0.335 e. The zero-order chi connectivity index (χ0) is 11.3. The molecule has 1 aliphatic carbocycles. The van der Waals surface area contributed by atoms with Crippen LogP contribution in [0.15, 0.2) is 12.2 Å². The number of hydrogen-bond donors (Lipinski definition) is 1. The molecule has 0 unspecified atom stereocenters. The fourth-order valence-corrected chi connectivity index (χ4v) is 2.07. The number of hydrogen-bond acceptors (Lipinski definition) is 3. The monoisotopic (exact) mass is 212 g/mol. The van der Waals surface area contributed by atoms with Gasteiger partial charge in [0, 0.05) is 6.42 Å². The SMILES string of the molecule is C=C(C[C@H](O)C(=O)OCC)C1CCCC1. The molecule has 1 saturated carbocycles. The standard InChI is InChI=1S/C12H20O3/c1-3-15-12(14)11(13)8-9(2)10-6-4-5-7-10/h10-11,13H,2-8H2,1H3/t11-/m0/s1. The van der Waals surface area contributed by atoms with Gasteiger partial charge in [0.15, 0.2) is 6.10 Å². The molecule has 0 aromatic carbocycles. The lowest BCUT2D eigenvalue weighted by molar-refractivity contribution is -0.152. The summed E-state index contributed by atoms with van der Waals surface area (Å²) in [4.78, 5) is 11.2. The van der Waals surface area contributed by atoms with E-state index in [1.165, 1.54) is 12.8 Å². The molecule has 0 aromatic heterocycles. The first-order valence-corrected chi connectivity index (χ1v) is 5.67. The quantitative estimate of drug-likeness (QED) is 0.560. The highest BCUT2D eigenvalue weighted by Crippen LogP contribution is 2.32. The third kappa shape index (κ3) is 3.67. The van der Waals surface area contributed by atoms with Gasteiger partial charge >= 0.3 is 5.97 Å². The lowest BCUT2D eigenvalue weighted by Crippen LogP contribution is -2.24. The number of aliphatic hydroxyl groups excluding tert-OH is 1. The molecule has 0 amide bonds. The van der Waals surface area contributed by atoms with Crippen LogP contribution in [-0.2, 0) is 9.53 Å². The van der Waals surface area contributed by atoms with E-state index >= 15 is 0 Å². The average Bonchev–Trinajstić information content (AvgIpc) is 2.70. The van der Waals surface area contributed by atoms with E-state index in [4.69, 9.17) is 4.74 Å². The summed E-state index contributed by atoms with van der Waals surface area (Å²) < 4.78 is 4.74. The number of rotatable bonds is 5. The summed E-state index contributed by atoms with van der Waals surface area (Å²) in [5.41, 5.74) is 0.994. The van der Waals surface area contributed by atoms with E-state index in [1.54, 1.807) is 6.92 Å². The topological polar surface area (TPSA) is 46.5 Å². The lowest BCUT2D eigenvalue weighted by atomic mass is 9.94. The van der Waals surface area contributed by atoms with E-state index in [9.17, 15) is 9.90 Å². The van der Waals surface area contributed by atoms with Crippen LogP contribution in [0.3, 0.4) is 0 Å². The van der Waals surface area contributed by atoms with Crippen molar-refractivity contribution in [2.24, 2.45) is 5.92 Å². The predicted molar refractivity (Wildman–Crippen MR) is 58.4 cm³/mol. The highest BCUT2D eigenvalue weighted by atomic mass is 16.5. The van der Waals surface area contributed by atoms with E-state index in [0.717, 1.165) is 18.4 Å². The second kappa shape index (κ2) is 5.91. The van der Waals surface area contributed by atoms with Crippen LogP contribution in [0.25, 0.3) is 0 Å². The van der Waals surface area contributed by atoms with Crippen molar-refractivity contribution in [1.29, 1.82) is 0 Å². The van der Waals surface area contributed by atoms with Crippen molar-refractivity contribution in [2.45, 2.75) is 45.1 Å². The highest BCUT2D eigenvalue weighted by Gasteiger charge is 2.23. The van der Waals surface area contributed by atoms with Crippen molar-refractivity contribution in [1.82, 2.24) is 0 Å². The molecule has 0 radical (unpaired) electrons. The van der Waals surface area contributed by atoms with E-state index in [-0.39, 0.29) is 0 Å². The van der Waals surface area contributed by atoms with Gasteiger partial charge in [-0.05, 0) is 25.7 Å². The molecule has 0 aliphatic heterocycles. The molecule has 0 heterocycles. The number of esters is 1. The Morgan fingerprint density at radius 2 is 2.13 bits per heavy atom. The number of ether oxygens (including phenoxy) is 1. The summed E-state index contributed by atoms with van der Waals surface area (Å²) in [5.74, 6) is -0.0364. The van der Waals surface area contributed by atoms with Crippen molar-refractivity contribution >= 4 is 5.97 Å². The molecule has 0 bridgehead atoms. The van der Waals surface area contributed by atoms with Crippen LogP contribution in [0.1, 0.15) is 39.0 Å². The van der Waals surface area contributed by atoms with Gasteiger partial charge < -0.3 is 9.84 Å². The maximum absolute atomic E-state index is 11.2. The Kier molecular flexibility index (Phi) is 4.82. The first kappa shape index (κ1) is 12.2.